The molecule has 224 valence electrons. The van der Waals surface area contributed by atoms with E-state index in [1.165, 1.54) is 12.1 Å². The van der Waals surface area contributed by atoms with Gasteiger partial charge in [-0.25, -0.2) is 9.19 Å². The fourth-order valence-electron chi connectivity index (χ4n) is 3.46. The quantitative estimate of drug-likeness (QED) is 0.0624. The molecule has 0 aliphatic rings. The second-order valence-corrected chi connectivity index (χ2v) is 10.2. The third-order valence-corrected chi connectivity index (χ3v) is 6.46. The molecule has 4 N–H and O–H groups in total. The number of non-ortho nitro benzene ring substituents is 1. The Bertz CT molecular complexity index is 1150. The van der Waals surface area contributed by atoms with Gasteiger partial charge in [-0.1, -0.05) is 26.2 Å². The number of carbonyl (C=O) groups is 2. The summed E-state index contributed by atoms with van der Waals surface area (Å²) in [5.74, 6) is -1.06. The molecule has 1 aromatic carbocycles. The number of rotatable bonds is 21. The summed E-state index contributed by atoms with van der Waals surface area (Å²) in [4.78, 5) is 44.5. The van der Waals surface area contributed by atoms with Gasteiger partial charge in [0.25, 0.3) is 0 Å². The van der Waals surface area contributed by atoms with Crippen molar-refractivity contribution in [3.05, 3.63) is 22.2 Å². The Morgan fingerprint density at radius 3 is 2.55 bits per heavy atom. The van der Waals surface area contributed by atoms with Gasteiger partial charge in [0, 0.05) is 32.0 Å². The minimum atomic E-state index is -4.42. The molecule has 0 bridgehead atoms. The van der Waals surface area contributed by atoms with Crippen LogP contribution in [0, 0.1) is 10.1 Å². The van der Waals surface area contributed by atoms with Crippen LogP contribution in [0.5, 0.6) is 0 Å². The number of phosphoric ester groups is 1. The van der Waals surface area contributed by atoms with E-state index in [2.05, 4.69) is 24.8 Å². The minimum absolute atomic E-state index is 0.00680. The Labute approximate surface area is 230 Å². The number of nitrogens with zero attached hydrogens (tertiary/aromatic N) is 3. The molecule has 0 saturated heterocycles. The highest BCUT2D eigenvalue weighted by atomic mass is 31.2. The molecule has 2 aromatic rings. The van der Waals surface area contributed by atoms with Crippen LogP contribution in [0.1, 0.15) is 58.3 Å². The molecule has 0 saturated carbocycles. The number of nitrogens with one attached hydrogen (secondary N) is 1. The Morgan fingerprint density at radius 1 is 1.10 bits per heavy atom. The van der Waals surface area contributed by atoms with Crippen molar-refractivity contribution in [3.63, 3.8) is 0 Å². The smallest absolute Gasteiger partial charge is 0.462 e. The molecule has 0 spiro atoms. The van der Waals surface area contributed by atoms with Crippen LogP contribution in [-0.2, 0) is 32.7 Å². The number of esters is 2. The molecule has 16 nitrogen and oxygen atoms in total. The van der Waals surface area contributed by atoms with E-state index >= 15 is 0 Å². The molecule has 0 fully saturated rings. The zero-order valence-corrected chi connectivity index (χ0v) is 23.2. The summed E-state index contributed by atoms with van der Waals surface area (Å²) in [5, 5.41) is 21.5. The number of aromatic nitrogens is 2. The first-order chi connectivity index (χ1) is 19.2. The predicted molar refractivity (Wildman–Crippen MR) is 141 cm³/mol. The van der Waals surface area contributed by atoms with E-state index in [9.17, 15) is 29.2 Å². The Balaban J connectivity index is 1.77. The number of nitro benzene ring substituents is 1. The molecule has 0 aliphatic carbocycles. The fourth-order valence-corrected chi connectivity index (χ4v) is 4.22. The first-order valence-electron chi connectivity index (χ1n) is 13.0. The number of hydrogen-bond donors (Lipinski definition) is 3. The van der Waals surface area contributed by atoms with Gasteiger partial charge in [-0.3, -0.25) is 28.8 Å². The topological polar surface area (TPSA) is 228 Å². The minimum Gasteiger partial charge on any atom is -0.462 e. The van der Waals surface area contributed by atoms with E-state index in [0.717, 1.165) is 12.8 Å². The zero-order chi connectivity index (χ0) is 29.4. The van der Waals surface area contributed by atoms with E-state index in [1.54, 1.807) is 0 Å². The first-order valence-corrected chi connectivity index (χ1v) is 14.5. The van der Waals surface area contributed by atoms with Crippen LogP contribution < -0.4 is 11.1 Å². The lowest BCUT2D eigenvalue weighted by Gasteiger charge is -2.19. The van der Waals surface area contributed by atoms with Gasteiger partial charge >= 0.3 is 25.4 Å². The highest BCUT2D eigenvalue weighted by Crippen LogP contribution is 2.43. The van der Waals surface area contributed by atoms with E-state index in [4.69, 9.17) is 19.7 Å². The molecule has 1 unspecified atom stereocenters. The maximum atomic E-state index is 12.4. The van der Waals surface area contributed by atoms with Crippen LogP contribution in [0.2, 0.25) is 0 Å². The molecule has 0 aliphatic heterocycles. The van der Waals surface area contributed by atoms with Crippen LogP contribution in [0.3, 0.4) is 0 Å². The molecule has 2 atom stereocenters. The molecule has 17 heteroatoms. The monoisotopic (exact) mass is 589 g/mol. The van der Waals surface area contributed by atoms with Crippen LogP contribution in [0.15, 0.2) is 16.8 Å². The Morgan fingerprint density at radius 2 is 1.82 bits per heavy atom. The lowest BCUT2D eigenvalue weighted by Crippen LogP contribution is -2.29. The van der Waals surface area contributed by atoms with Crippen molar-refractivity contribution in [2.24, 2.45) is 5.73 Å². The van der Waals surface area contributed by atoms with Gasteiger partial charge < -0.3 is 25.4 Å². The maximum absolute atomic E-state index is 12.4. The number of carbonyl (C=O) groups excluding carboxylic acids is 2. The van der Waals surface area contributed by atoms with E-state index in [0.29, 0.717) is 37.9 Å². The van der Waals surface area contributed by atoms with E-state index in [1.807, 2.05) is 6.92 Å². The van der Waals surface area contributed by atoms with Crippen LogP contribution in [0.4, 0.5) is 11.4 Å². The highest BCUT2D eigenvalue weighted by Gasteiger charge is 2.26. The van der Waals surface area contributed by atoms with Crippen LogP contribution in [-0.4, -0.2) is 71.1 Å². The second-order valence-electron chi connectivity index (χ2n) is 8.73. The molecule has 2 rings (SSSR count). The van der Waals surface area contributed by atoms with Gasteiger partial charge in [-0.2, -0.15) is 0 Å². The fraction of sp³-hybridized carbons (Fsp3) is 0.652. The van der Waals surface area contributed by atoms with Crippen LogP contribution in [0.25, 0.3) is 11.0 Å². The summed E-state index contributed by atoms with van der Waals surface area (Å²) in [6.45, 7) is 1.45. The van der Waals surface area contributed by atoms with Gasteiger partial charge in [0.15, 0.2) is 11.6 Å². The zero-order valence-electron chi connectivity index (χ0n) is 22.3. The lowest BCUT2D eigenvalue weighted by atomic mass is 10.2. The van der Waals surface area contributed by atoms with E-state index < -0.39 is 37.4 Å². The maximum Gasteiger partial charge on any atom is 0.472 e. The number of phosphoric acid groups is 1. The average molecular weight is 590 g/mol. The molecule has 0 amide bonds. The third kappa shape index (κ3) is 11.9. The number of hydrogen-bond acceptors (Lipinski definition) is 14. The molecule has 0 radical (unpaired) electrons. The van der Waals surface area contributed by atoms with Gasteiger partial charge in [0.2, 0.25) is 5.52 Å². The largest absolute Gasteiger partial charge is 0.472 e. The Hall–Kier alpha value is -3.17. The van der Waals surface area contributed by atoms with Crippen molar-refractivity contribution in [2.45, 2.75) is 64.4 Å². The predicted octanol–water partition coefficient (Wildman–Crippen LogP) is 3.23. The van der Waals surface area contributed by atoms with Crippen LogP contribution >= 0.6 is 7.82 Å². The summed E-state index contributed by atoms with van der Waals surface area (Å²) in [6.07, 6.45) is 3.40. The number of ether oxygens (including phenoxy) is 2. The van der Waals surface area contributed by atoms with Gasteiger partial charge in [-0.05, 0) is 35.6 Å². The van der Waals surface area contributed by atoms with Crippen molar-refractivity contribution in [2.75, 3.05) is 38.2 Å². The molecule has 1 heterocycles. The van der Waals surface area contributed by atoms with Crippen molar-refractivity contribution < 1.29 is 47.1 Å². The third-order valence-electron chi connectivity index (χ3n) is 5.47. The van der Waals surface area contributed by atoms with E-state index in [-0.39, 0.29) is 49.3 Å². The van der Waals surface area contributed by atoms with Gasteiger partial charge in [0.05, 0.1) is 23.8 Å². The summed E-state index contributed by atoms with van der Waals surface area (Å²) < 4.78 is 36.6. The molecular weight excluding hydrogens is 553 g/mol. The van der Waals surface area contributed by atoms with Gasteiger partial charge in [-0.15, -0.1) is 0 Å². The molecule has 40 heavy (non-hydrogen) atoms. The summed E-state index contributed by atoms with van der Waals surface area (Å²) in [5.41, 5.74) is 5.87. The normalized spacial score (nSPS) is 13.5. The second kappa shape index (κ2) is 17.5. The number of fused-ring (bicyclic) bond motifs is 1. The first kappa shape index (κ1) is 33.0. The summed E-state index contributed by atoms with van der Waals surface area (Å²) in [6, 6.07) is 2.83. The lowest BCUT2D eigenvalue weighted by molar-refractivity contribution is -0.383. The Kier molecular flexibility index (Phi) is 14.5. The summed E-state index contributed by atoms with van der Waals surface area (Å²) >= 11 is 0. The van der Waals surface area contributed by atoms with Crippen molar-refractivity contribution in [3.8, 4) is 0 Å². The standard InChI is InChI=1S/C23H36N5O11P/c1-2-3-5-8-20(29)35-15-17(16-37-40(33,34)36-14-12-24)38-21(30)9-6-4-7-13-25-18-10-11-19(28(31)32)23-22(18)26-39-27-23/h10-11,17,25H,2-9,12-16,24H2,1H3,(H,33,34)/t17-/m1/s1. The van der Waals surface area contributed by atoms with Crippen molar-refractivity contribution in [1.29, 1.82) is 0 Å². The molecular formula is C23H36N5O11P. The number of unbranched alkanes of at least 4 members (excludes halogenated alkanes) is 4. The number of anilines is 1. The SMILES string of the molecule is CCCCCC(=O)OC[C@H](COP(=O)(O)OCCN)OC(=O)CCCCCNc1ccc([N+](=O)[O-])c2nonc12. The van der Waals surface area contributed by atoms with Crippen molar-refractivity contribution >= 4 is 42.2 Å². The average Bonchev–Trinajstić information content (AvgIpc) is 3.41. The number of benzene rings is 1. The van der Waals surface area contributed by atoms with Gasteiger partial charge in [0.1, 0.15) is 6.61 Å². The van der Waals surface area contributed by atoms with Crippen molar-refractivity contribution in [1.82, 2.24) is 10.3 Å². The molecule has 1 aromatic heterocycles. The number of nitro groups is 1. The highest BCUT2D eigenvalue weighted by molar-refractivity contribution is 7.47. The summed E-state index contributed by atoms with van der Waals surface area (Å²) in [7, 11) is -4.42. The number of nitrogens with two attached hydrogens (primary N) is 1.